The number of halogens is 2. The molecule has 1 N–H and O–H groups in total. The number of carbonyl (C=O) groups excluding carboxylic acids is 1. The SMILES string of the molecule is COc1cc(C(=O)NCC2CCCO2)ccc1OC(F)F. The van der Waals surface area contributed by atoms with Crippen LogP contribution in [0, 0.1) is 0 Å². The molecule has 0 radical (unpaired) electrons. The number of hydrogen-bond donors (Lipinski definition) is 1. The fourth-order valence-corrected chi connectivity index (χ4v) is 2.12. The van der Waals surface area contributed by atoms with E-state index in [1.165, 1.54) is 25.3 Å². The van der Waals surface area contributed by atoms with Crippen LogP contribution in [0.15, 0.2) is 18.2 Å². The summed E-state index contributed by atoms with van der Waals surface area (Å²) in [4.78, 5) is 12.0. The Morgan fingerprint density at radius 1 is 1.48 bits per heavy atom. The zero-order valence-electron chi connectivity index (χ0n) is 11.6. The van der Waals surface area contributed by atoms with E-state index in [9.17, 15) is 13.6 Å². The van der Waals surface area contributed by atoms with Gasteiger partial charge in [0.05, 0.1) is 13.2 Å². The largest absolute Gasteiger partial charge is 0.493 e. The van der Waals surface area contributed by atoms with Gasteiger partial charge in [-0.15, -0.1) is 0 Å². The highest BCUT2D eigenvalue weighted by Gasteiger charge is 2.18. The van der Waals surface area contributed by atoms with E-state index in [1.54, 1.807) is 0 Å². The van der Waals surface area contributed by atoms with Gasteiger partial charge in [0.25, 0.3) is 5.91 Å². The molecule has 0 saturated carbocycles. The van der Waals surface area contributed by atoms with Gasteiger partial charge in [-0.1, -0.05) is 0 Å². The Hall–Kier alpha value is -1.89. The molecule has 1 aromatic rings. The molecule has 0 aliphatic carbocycles. The molecule has 1 atom stereocenters. The van der Waals surface area contributed by atoms with Gasteiger partial charge in [-0.05, 0) is 31.0 Å². The average Bonchev–Trinajstić information content (AvgIpc) is 2.98. The molecule has 21 heavy (non-hydrogen) atoms. The van der Waals surface area contributed by atoms with Crippen LogP contribution in [0.2, 0.25) is 0 Å². The smallest absolute Gasteiger partial charge is 0.387 e. The number of alkyl halides is 2. The number of benzene rings is 1. The zero-order valence-corrected chi connectivity index (χ0v) is 11.6. The van der Waals surface area contributed by atoms with Gasteiger partial charge in [-0.2, -0.15) is 8.78 Å². The average molecular weight is 301 g/mol. The first-order valence-electron chi connectivity index (χ1n) is 6.63. The van der Waals surface area contributed by atoms with Gasteiger partial charge in [0.15, 0.2) is 11.5 Å². The summed E-state index contributed by atoms with van der Waals surface area (Å²) in [5.41, 5.74) is 0.312. The molecule has 1 aliphatic rings. The highest BCUT2D eigenvalue weighted by Crippen LogP contribution is 2.29. The maximum Gasteiger partial charge on any atom is 0.387 e. The van der Waals surface area contributed by atoms with Crippen molar-refractivity contribution in [2.24, 2.45) is 0 Å². The zero-order chi connectivity index (χ0) is 15.2. The van der Waals surface area contributed by atoms with Crippen LogP contribution in [-0.2, 0) is 4.74 Å². The lowest BCUT2D eigenvalue weighted by atomic mass is 10.1. The second-order valence-corrected chi connectivity index (χ2v) is 4.59. The summed E-state index contributed by atoms with van der Waals surface area (Å²) in [5.74, 6) is -0.337. The third-order valence-electron chi connectivity index (χ3n) is 3.16. The van der Waals surface area contributed by atoms with Crippen LogP contribution < -0.4 is 14.8 Å². The molecule has 0 bridgehead atoms. The Bertz CT molecular complexity index is 490. The van der Waals surface area contributed by atoms with Gasteiger partial charge >= 0.3 is 6.61 Å². The molecule has 1 aromatic carbocycles. The van der Waals surface area contributed by atoms with Crippen molar-refractivity contribution in [3.05, 3.63) is 23.8 Å². The van der Waals surface area contributed by atoms with Crippen LogP contribution in [0.4, 0.5) is 8.78 Å². The minimum atomic E-state index is -2.95. The molecule has 1 heterocycles. The summed E-state index contributed by atoms with van der Waals surface area (Å²) in [5, 5.41) is 2.74. The summed E-state index contributed by atoms with van der Waals surface area (Å²) >= 11 is 0. The van der Waals surface area contributed by atoms with Crippen LogP contribution in [-0.4, -0.2) is 38.9 Å². The minimum absolute atomic E-state index is 0.0392. The fraction of sp³-hybridized carbons (Fsp3) is 0.500. The highest BCUT2D eigenvalue weighted by atomic mass is 19.3. The van der Waals surface area contributed by atoms with E-state index in [0.29, 0.717) is 18.7 Å². The van der Waals surface area contributed by atoms with Crippen molar-refractivity contribution in [1.82, 2.24) is 5.32 Å². The van der Waals surface area contributed by atoms with Crippen LogP contribution >= 0.6 is 0 Å². The Kier molecular flexibility index (Phi) is 5.32. The van der Waals surface area contributed by atoms with Gasteiger partial charge in [-0.3, -0.25) is 4.79 Å². The minimum Gasteiger partial charge on any atom is -0.493 e. The van der Waals surface area contributed by atoms with Crippen molar-refractivity contribution < 1.29 is 27.8 Å². The molecule has 1 saturated heterocycles. The Morgan fingerprint density at radius 2 is 2.29 bits per heavy atom. The normalized spacial score (nSPS) is 17.8. The summed E-state index contributed by atoms with van der Waals surface area (Å²) in [6.45, 7) is -1.80. The summed E-state index contributed by atoms with van der Waals surface area (Å²) in [7, 11) is 1.32. The molecular formula is C14H17F2NO4. The van der Waals surface area contributed by atoms with E-state index in [4.69, 9.17) is 9.47 Å². The Balaban J connectivity index is 1.99. The maximum atomic E-state index is 12.2. The quantitative estimate of drug-likeness (QED) is 0.875. The van der Waals surface area contributed by atoms with Crippen molar-refractivity contribution >= 4 is 5.91 Å². The first-order chi connectivity index (χ1) is 10.1. The van der Waals surface area contributed by atoms with E-state index in [1.807, 2.05) is 0 Å². The molecule has 0 aromatic heterocycles. The van der Waals surface area contributed by atoms with Crippen molar-refractivity contribution in [2.45, 2.75) is 25.6 Å². The lowest BCUT2D eigenvalue weighted by molar-refractivity contribution is -0.0512. The number of hydrogen-bond acceptors (Lipinski definition) is 4. The molecule has 116 valence electrons. The van der Waals surface area contributed by atoms with E-state index in [-0.39, 0.29) is 23.5 Å². The molecule has 1 fully saturated rings. The number of nitrogens with one attached hydrogen (secondary N) is 1. The summed E-state index contributed by atoms with van der Waals surface area (Å²) in [6.07, 6.45) is 1.95. The van der Waals surface area contributed by atoms with Crippen molar-refractivity contribution in [3.63, 3.8) is 0 Å². The number of rotatable bonds is 6. The van der Waals surface area contributed by atoms with Crippen LogP contribution in [0.3, 0.4) is 0 Å². The van der Waals surface area contributed by atoms with Crippen molar-refractivity contribution in [3.8, 4) is 11.5 Å². The number of methoxy groups -OCH3 is 1. The number of amides is 1. The number of ether oxygens (including phenoxy) is 3. The van der Waals surface area contributed by atoms with Crippen molar-refractivity contribution in [2.75, 3.05) is 20.3 Å². The van der Waals surface area contributed by atoms with Gasteiger partial charge in [0.1, 0.15) is 0 Å². The lowest BCUT2D eigenvalue weighted by Crippen LogP contribution is -2.31. The Labute approximate surface area is 121 Å². The number of carbonyl (C=O) groups is 1. The van der Waals surface area contributed by atoms with Crippen molar-refractivity contribution in [1.29, 1.82) is 0 Å². The molecular weight excluding hydrogens is 284 g/mol. The van der Waals surface area contributed by atoms with Crippen LogP contribution in [0.5, 0.6) is 11.5 Å². The lowest BCUT2D eigenvalue weighted by Gasteiger charge is -2.13. The first kappa shape index (κ1) is 15.5. The van der Waals surface area contributed by atoms with E-state index in [2.05, 4.69) is 10.1 Å². The second kappa shape index (κ2) is 7.21. The first-order valence-corrected chi connectivity index (χ1v) is 6.63. The highest BCUT2D eigenvalue weighted by molar-refractivity contribution is 5.94. The van der Waals surface area contributed by atoms with Crippen LogP contribution in [0.25, 0.3) is 0 Å². The van der Waals surface area contributed by atoms with Crippen LogP contribution in [0.1, 0.15) is 23.2 Å². The third kappa shape index (κ3) is 4.29. The molecule has 1 aliphatic heterocycles. The monoisotopic (exact) mass is 301 g/mol. The third-order valence-corrected chi connectivity index (χ3v) is 3.16. The van der Waals surface area contributed by atoms with Gasteiger partial charge < -0.3 is 19.5 Å². The molecule has 7 heteroatoms. The second-order valence-electron chi connectivity index (χ2n) is 4.59. The molecule has 2 rings (SSSR count). The van der Waals surface area contributed by atoms with E-state index in [0.717, 1.165) is 12.8 Å². The molecule has 0 spiro atoms. The molecule has 1 unspecified atom stereocenters. The maximum absolute atomic E-state index is 12.2. The predicted octanol–water partition coefficient (Wildman–Crippen LogP) is 2.21. The topological polar surface area (TPSA) is 56.8 Å². The standard InChI is InChI=1S/C14H17F2NO4/c1-19-12-7-9(4-5-11(12)21-14(15)16)13(18)17-8-10-3-2-6-20-10/h4-5,7,10,14H,2-3,6,8H2,1H3,(H,17,18). The van der Waals surface area contributed by atoms with E-state index < -0.39 is 6.61 Å². The summed E-state index contributed by atoms with van der Waals surface area (Å²) < 4.78 is 39.1. The molecule has 1 amide bonds. The van der Waals surface area contributed by atoms with E-state index >= 15 is 0 Å². The predicted molar refractivity (Wildman–Crippen MR) is 70.9 cm³/mol. The van der Waals surface area contributed by atoms with Gasteiger partial charge in [-0.25, -0.2) is 0 Å². The van der Waals surface area contributed by atoms with Gasteiger partial charge in [0.2, 0.25) is 0 Å². The molecule has 5 nitrogen and oxygen atoms in total. The fourth-order valence-electron chi connectivity index (χ4n) is 2.12. The summed E-state index contributed by atoms with van der Waals surface area (Å²) in [6, 6.07) is 4.06. The van der Waals surface area contributed by atoms with Gasteiger partial charge in [0, 0.05) is 18.7 Å². The Morgan fingerprint density at radius 3 is 2.90 bits per heavy atom.